The van der Waals surface area contributed by atoms with Crippen LogP contribution < -0.4 is 5.32 Å². The highest BCUT2D eigenvalue weighted by atomic mass is 32.1. The van der Waals surface area contributed by atoms with Crippen LogP contribution in [0.3, 0.4) is 0 Å². The van der Waals surface area contributed by atoms with Gasteiger partial charge in [0.25, 0.3) is 5.91 Å². The van der Waals surface area contributed by atoms with Crippen molar-refractivity contribution in [2.24, 2.45) is 0 Å². The van der Waals surface area contributed by atoms with Crippen molar-refractivity contribution in [1.82, 2.24) is 0 Å². The molecule has 0 unspecified atom stereocenters. The number of nitrogens with one attached hydrogen (secondary N) is 1. The highest BCUT2D eigenvalue weighted by Crippen LogP contribution is 2.36. The summed E-state index contributed by atoms with van der Waals surface area (Å²) < 4.78 is 10.5. The quantitative estimate of drug-likeness (QED) is 0.839. The Balaban J connectivity index is 1.88. The molecule has 126 valence electrons. The normalized spacial score (nSPS) is 16.8. The van der Waals surface area contributed by atoms with Gasteiger partial charge in [-0.3, -0.25) is 4.79 Å². The maximum absolute atomic E-state index is 12.3. The fourth-order valence-electron chi connectivity index (χ4n) is 2.57. The van der Waals surface area contributed by atoms with Crippen LogP contribution in [0.2, 0.25) is 0 Å². The standard InChI is InChI=1S/C18H19NO4S/c1-2-22-18(21)13-11-15(12-7-4-3-5-8-12)24-17(13)19-16(20)14-9-6-10-23-14/h3-5,7-8,11,14H,2,6,9-10H2,1H3,(H,19,20)/t14-/m1/s1. The van der Waals surface area contributed by atoms with Crippen LogP contribution in [-0.2, 0) is 14.3 Å². The van der Waals surface area contributed by atoms with Gasteiger partial charge in [0.2, 0.25) is 0 Å². The van der Waals surface area contributed by atoms with Gasteiger partial charge in [-0.2, -0.15) is 0 Å². The summed E-state index contributed by atoms with van der Waals surface area (Å²) in [5.74, 6) is -0.641. The Labute approximate surface area is 144 Å². The molecule has 1 aromatic carbocycles. The van der Waals surface area contributed by atoms with Crippen LogP contribution in [0.4, 0.5) is 5.00 Å². The number of thiophene rings is 1. The summed E-state index contributed by atoms with van der Waals surface area (Å²) in [7, 11) is 0. The van der Waals surface area contributed by atoms with E-state index in [2.05, 4.69) is 5.32 Å². The van der Waals surface area contributed by atoms with E-state index in [4.69, 9.17) is 9.47 Å². The Morgan fingerprint density at radius 2 is 2.12 bits per heavy atom. The van der Waals surface area contributed by atoms with Crippen molar-refractivity contribution in [3.63, 3.8) is 0 Å². The summed E-state index contributed by atoms with van der Waals surface area (Å²) in [6.07, 6.45) is 1.14. The molecule has 1 N–H and O–H groups in total. The third-order valence-electron chi connectivity index (χ3n) is 3.74. The number of hydrogen-bond donors (Lipinski definition) is 1. The van der Waals surface area contributed by atoms with Crippen LogP contribution in [0.25, 0.3) is 10.4 Å². The molecule has 2 aromatic rings. The number of rotatable bonds is 5. The topological polar surface area (TPSA) is 64.6 Å². The van der Waals surface area contributed by atoms with E-state index < -0.39 is 12.1 Å². The van der Waals surface area contributed by atoms with Gasteiger partial charge in [0.05, 0.1) is 12.2 Å². The molecular weight excluding hydrogens is 326 g/mol. The number of carbonyl (C=O) groups is 2. The molecule has 0 bridgehead atoms. The summed E-state index contributed by atoms with van der Waals surface area (Å²) in [5.41, 5.74) is 1.37. The van der Waals surface area contributed by atoms with Crippen LogP contribution in [0.5, 0.6) is 0 Å². The van der Waals surface area contributed by atoms with Gasteiger partial charge in [-0.15, -0.1) is 11.3 Å². The molecule has 0 spiro atoms. The van der Waals surface area contributed by atoms with E-state index in [0.717, 1.165) is 16.9 Å². The zero-order valence-corrected chi connectivity index (χ0v) is 14.2. The maximum atomic E-state index is 12.3. The summed E-state index contributed by atoms with van der Waals surface area (Å²) in [5, 5.41) is 3.34. The van der Waals surface area contributed by atoms with Crippen molar-refractivity contribution in [1.29, 1.82) is 0 Å². The van der Waals surface area contributed by atoms with Gasteiger partial charge in [0.1, 0.15) is 11.1 Å². The van der Waals surface area contributed by atoms with E-state index in [1.165, 1.54) is 11.3 Å². The van der Waals surface area contributed by atoms with Gasteiger partial charge in [-0.25, -0.2) is 4.79 Å². The van der Waals surface area contributed by atoms with Crippen LogP contribution in [-0.4, -0.2) is 31.2 Å². The molecule has 1 atom stereocenters. The Bertz CT molecular complexity index is 720. The first-order valence-electron chi connectivity index (χ1n) is 7.98. The lowest BCUT2D eigenvalue weighted by Gasteiger charge is -2.10. The average Bonchev–Trinajstić information content (AvgIpc) is 3.26. The van der Waals surface area contributed by atoms with Crippen molar-refractivity contribution < 1.29 is 19.1 Å². The molecule has 1 amide bonds. The highest BCUT2D eigenvalue weighted by molar-refractivity contribution is 7.20. The summed E-state index contributed by atoms with van der Waals surface area (Å²) >= 11 is 1.37. The smallest absolute Gasteiger partial charge is 0.341 e. The second-order valence-corrected chi connectivity index (χ2v) is 6.48. The molecule has 6 heteroatoms. The van der Waals surface area contributed by atoms with Gasteiger partial charge in [0, 0.05) is 11.5 Å². The predicted molar refractivity (Wildman–Crippen MR) is 93.3 cm³/mol. The first kappa shape index (κ1) is 16.7. The molecule has 1 fully saturated rings. The molecule has 1 aliphatic heterocycles. The molecule has 0 radical (unpaired) electrons. The SMILES string of the molecule is CCOC(=O)c1cc(-c2ccccc2)sc1NC(=O)[C@H]1CCCO1. The third kappa shape index (κ3) is 3.66. The van der Waals surface area contributed by atoms with Crippen molar-refractivity contribution in [3.05, 3.63) is 42.0 Å². The van der Waals surface area contributed by atoms with Crippen molar-refractivity contribution >= 4 is 28.2 Å². The van der Waals surface area contributed by atoms with Crippen LogP contribution in [0.1, 0.15) is 30.1 Å². The number of benzene rings is 1. The lowest BCUT2D eigenvalue weighted by molar-refractivity contribution is -0.124. The largest absolute Gasteiger partial charge is 0.462 e. The van der Waals surface area contributed by atoms with Gasteiger partial charge < -0.3 is 14.8 Å². The molecule has 5 nitrogen and oxygen atoms in total. The molecular formula is C18H19NO4S. The average molecular weight is 345 g/mol. The fraction of sp³-hybridized carbons (Fsp3) is 0.333. The van der Waals surface area contributed by atoms with Crippen LogP contribution in [0.15, 0.2) is 36.4 Å². The van der Waals surface area contributed by atoms with E-state index in [1.807, 2.05) is 30.3 Å². The fourth-order valence-corrected chi connectivity index (χ4v) is 3.62. The molecule has 2 heterocycles. The number of esters is 1. The summed E-state index contributed by atoms with van der Waals surface area (Å²) in [6.45, 7) is 2.64. The van der Waals surface area contributed by atoms with E-state index in [9.17, 15) is 9.59 Å². The summed E-state index contributed by atoms with van der Waals surface area (Å²) in [4.78, 5) is 25.4. The van der Waals surface area contributed by atoms with Gasteiger partial charge >= 0.3 is 5.97 Å². The number of ether oxygens (including phenoxy) is 2. The zero-order chi connectivity index (χ0) is 16.9. The maximum Gasteiger partial charge on any atom is 0.341 e. The Morgan fingerprint density at radius 3 is 2.79 bits per heavy atom. The zero-order valence-electron chi connectivity index (χ0n) is 13.4. The predicted octanol–water partition coefficient (Wildman–Crippen LogP) is 3.71. The second-order valence-electron chi connectivity index (χ2n) is 5.43. The molecule has 1 saturated heterocycles. The van der Waals surface area contributed by atoms with Crippen molar-refractivity contribution in [2.45, 2.75) is 25.9 Å². The van der Waals surface area contributed by atoms with Gasteiger partial charge in [-0.1, -0.05) is 30.3 Å². The van der Waals surface area contributed by atoms with E-state index in [0.29, 0.717) is 23.6 Å². The molecule has 1 aliphatic rings. The van der Waals surface area contributed by atoms with Gasteiger partial charge in [-0.05, 0) is 31.4 Å². The summed E-state index contributed by atoms with van der Waals surface area (Å²) in [6, 6.07) is 11.5. The Morgan fingerprint density at radius 1 is 1.33 bits per heavy atom. The van der Waals surface area contributed by atoms with Crippen LogP contribution in [0, 0.1) is 0 Å². The second kappa shape index (κ2) is 7.59. The van der Waals surface area contributed by atoms with Crippen molar-refractivity contribution in [3.8, 4) is 10.4 Å². The monoisotopic (exact) mass is 345 g/mol. The van der Waals surface area contributed by atoms with E-state index in [1.54, 1.807) is 13.0 Å². The minimum atomic E-state index is -0.442. The Hall–Kier alpha value is -2.18. The highest BCUT2D eigenvalue weighted by Gasteiger charge is 2.26. The lowest BCUT2D eigenvalue weighted by atomic mass is 10.1. The first-order chi connectivity index (χ1) is 11.7. The minimum Gasteiger partial charge on any atom is -0.462 e. The molecule has 0 saturated carbocycles. The van der Waals surface area contributed by atoms with E-state index in [-0.39, 0.29) is 12.5 Å². The van der Waals surface area contributed by atoms with Crippen LogP contribution >= 0.6 is 11.3 Å². The minimum absolute atomic E-state index is 0.209. The molecule has 0 aliphatic carbocycles. The number of carbonyl (C=O) groups excluding carboxylic acids is 2. The number of anilines is 1. The Kier molecular flexibility index (Phi) is 5.27. The first-order valence-corrected chi connectivity index (χ1v) is 8.79. The van der Waals surface area contributed by atoms with E-state index >= 15 is 0 Å². The number of amides is 1. The lowest BCUT2D eigenvalue weighted by Crippen LogP contribution is -2.27. The third-order valence-corrected chi connectivity index (χ3v) is 4.84. The molecule has 24 heavy (non-hydrogen) atoms. The molecule has 3 rings (SSSR count). The number of hydrogen-bond acceptors (Lipinski definition) is 5. The molecule has 1 aromatic heterocycles. The van der Waals surface area contributed by atoms with Gasteiger partial charge in [0.15, 0.2) is 0 Å². The van der Waals surface area contributed by atoms with Crippen molar-refractivity contribution in [2.75, 3.05) is 18.5 Å².